The smallest absolute Gasteiger partial charge is 0.227 e. The highest BCUT2D eigenvalue weighted by Gasteiger charge is 2.82. The van der Waals surface area contributed by atoms with E-state index in [9.17, 15) is 9.59 Å². The number of ketones is 1. The number of nitrogens with zero attached hydrogens (tertiary/aromatic N) is 1. The third kappa shape index (κ3) is 1.12. The van der Waals surface area contributed by atoms with Crippen LogP contribution in [-0.4, -0.2) is 35.6 Å². The van der Waals surface area contributed by atoms with Gasteiger partial charge in [-0.05, 0) is 42.9 Å². The molecule has 5 fully saturated rings. The van der Waals surface area contributed by atoms with Crippen molar-refractivity contribution in [1.29, 1.82) is 0 Å². The first-order chi connectivity index (χ1) is 10.1. The first-order valence-corrected chi connectivity index (χ1v) is 8.74. The maximum atomic E-state index is 13.1. The summed E-state index contributed by atoms with van der Waals surface area (Å²) in [6, 6.07) is 0. The Balaban J connectivity index is 1.61. The Morgan fingerprint density at radius 2 is 2.10 bits per heavy atom. The lowest BCUT2D eigenvalue weighted by molar-refractivity contribution is -0.146. The lowest BCUT2D eigenvalue weighted by Gasteiger charge is -2.46. The largest absolute Gasteiger partial charge is 0.342 e. The topological polar surface area (TPSA) is 37.4 Å². The lowest BCUT2D eigenvalue weighted by Crippen LogP contribution is -2.51. The molecule has 0 N–H and O–H groups in total. The number of halogens is 1. The molecule has 0 aromatic rings. The minimum atomic E-state index is -0.558. The summed E-state index contributed by atoms with van der Waals surface area (Å²) in [5.41, 5.74) is 0.554. The van der Waals surface area contributed by atoms with E-state index in [0.29, 0.717) is 29.6 Å². The average molecular weight is 306 g/mol. The summed E-state index contributed by atoms with van der Waals surface area (Å²) in [6.07, 6.45) is 3.21. The number of rotatable bonds is 2. The highest BCUT2D eigenvalue weighted by molar-refractivity contribution is 6.21. The number of hydrogen-bond acceptors (Lipinski definition) is 2. The Bertz CT molecular complexity index is 581. The van der Waals surface area contributed by atoms with Gasteiger partial charge in [-0.25, -0.2) is 0 Å². The van der Waals surface area contributed by atoms with Gasteiger partial charge in [0, 0.05) is 24.9 Å². The highest BCUT2D eigenvalue weighted by Crippen LogP contribution is 2.79. The van der Waals surface area contributed by atoms with E-state index in [4.69, 9.17) is 11.6 Å². The second-order valence-electron chi connectivity index (χ2n) is 7.71. The average Bonchev–Trinajstić information content (AvgIpc) is 3.16. The SMILES string of the molecule is C=C1[C@@H]2C(=O)[C@]3(CCl)[C@@H]4C[C@@H]([C@H]1[C@H]24)[C@@H]3C(=O)N1CCCC1. The molecule has 1 heterocycles. The molecule has 112 valence electrons. The van der Waals surface area contributed by atoms with Crippen LogP contribution in [0.15, 0.2) is 12.2 Å². The van der Waals surface area contributed by atoms with E-state index >= 15 is 0 Å². The predicted octanol–water partition coefficient (Wildman–Crippen LogP) is 2.10. The van der Waals surface area contributed by atoms with Gasteiger partial charge in [-0.3, -0.25) is 9.59 Å². The first-order valence-electron chi connectivity index (χ1n) is 8.20. The number of allylic oxidation sites excluding steroid dienone is 1. The van der Waals surface area contributed by atoms with Gasteiger partial charge in [-0.15, -0.1) is 11.6 Å². The van der Waals surface area contributed by atoms with Crippen LogP contribution < -0.4 is 0 Å². The minimum absolute atomic E-state index is 0.0279. The third-order valence-electron chi connectivity index (χ3n) is 7.37. The molecule has 1 saturated heterocycles. The predicted molar refractivity (Wildman–Crippen MR) is 78.7 cm³/mol. The van der Waals surface area contributed by atoms with Crippen molar-refractivity contribution in [3.63, 3.8) is 0 Å². The van der Waals surface area contributed by atoms with E-state index in [2.05, 4.69) is 6.58 Å². The van der Waals surface area contributed by atoms with Crippen molar-refractivity contribution >= 4 is 23.3 Å². The van der Waals surface area contributed by atoms with Crippen LogP contribution in [0.1, 0.15) is 19.3 Å². The number of alkyl halides is 1. The van der Waals surface area contributed by atoms with Gasteiger partial charge in [-0.2, -0.15) is 0 Å². The Morgan fingerprint density at radius 3 is 2.76 bits per heavy atom. The molecule has 0 unspecified atom stereocenters. The van der Waals surface area contributed by atoms with Gasteiger partial charge < -0.3 is 4.90 Å². The quantitative estimate of drug-likeness (QED) is 0.579. The van der Waals surface area contributed by atoms with E-state index in [0.717, 1.165) is 37.9 Å². The Morgan fingerprint density at radius 1 is 1.38 bits per heavy atom. The number of fused-ring (bicyclic) bond motifs is 2. The standard InChI is InChI=1S/C17H20ClNO2/c1-8-11-9-6-10-13(11)12(8)15(20)17(10,7-18)14(9)16(21)19-4-2-3-5-19/h9-14H,1-7H2/t9-,10+,11-,12-,13+,14+,17+/m0/s1. The van der Waals surface area contributed by atoms with Crippen molar-refractivity contribution in [2.45, 2.75) is 19.3 Å². The fraction of sp³-hybridized carbons (Fsp3) is 0.765. The molecule has 4 heteroatoms. The molecule has 1 amide bonds. The van der Waals surface area contributed by atoms with E-state index in [-0.39, 0.29) is 23.5 Å². The fourth-order valence-corrected chi connectivity index (χ4v) is 7.19. The Labute approximate surface area is 129 Å². The minimum Gasteiger partial charge on any atom is -0.342 e. The molecule has 3 nitrogen and oxygen atoms in total. The summed E-state index contributed by atoms with van der Waals surface area (Å²) in [5.74, 6) is 2.25. The molecular weight excluding hydrogens is 286 g/mol. The summed E-state index contributed by atoms with van der Waals surface area (Å²) in [6.45, 7) is 5.90. The van der Waals surface area contributed by atoms with Crippen LogP contribution in [0, 0.1) is 40.9 Å². The van der Waals surface area contributed by atoms with Crippen LogP contribution in [0.2, 0.25) is 0 Å². The van der Waals surface area contributed by atoms with Gasteiger partial charge in [0.15, 0.2) is 0 Å². The number of likely N-dealkylation sites (tertiary alicyclic amines) is 1. The van der Waals surface area contributed by atoms with E-state index in [1.54, 1.807) is 0 Å². The normalized spacial score (nSPS) is 52.7. The second-order valence-corrected chi connectivity index (χ2v) is 7.98. The van der Waals surface area contributed by atoms with E-state index < -0.39 is 5.41 Å². The van der Waals surface area contributed by atoms with E-state index in [1.807, 2.05) is 4.90 Å². The molecule has 5 rings (SSSR count). The summed E-state index contributed by atoms with van der Waals surface area (Å²) < 4.78 is 0. The third-order valence-corrected chi connectivity index (χ3v) is 7.81. The number of amides is 1. The molecule has 0 spiro atoms. The van der Waals surface area contributed by atoms with Gasteiger partial charge in [0.2, 0.25) is 5.91 Å². The maximum Gasteiger partial charge on any atom is 0.227 e. The molecule has 2 bridgehead atoms. The zero-order valence-corrected chi connectivity index (χ0v) is 12.8. The van der Waals surface area contributed by atoms with Crippen molar-refractivity contribution in [3.05, 3.63) is 12.2 Å². The molecule has 0 aromatic heterocycles. The van der Waals surface area contributed by atoms with E-state index in [1.165, 1.54) is 0 Å². The number of hydrogen-bond donors (Lipinski definition) is 0. The number of Topliss-reactive ketones (excluding diaryl/α,β-unsaturated/α-hetero) is 1. The van der Waals surface area contributed by atoms with Gasteiger partial charge in [0.05, 0.1) is 11.3 Å². The molecule has 5 aliphatic rings. The summed E-state index contributed by atoms with van der Waals surface area (Å²) in [5, 5.41) is 0. The van der Waals surface area contributed by atoms with Crippen LogP contribution in [-0.2, 0) is 9.59 Å². The number of carbonyl (C=O) groups is 2. The zero-order chi connectivity index (χ0) is 14.5. The van der Waals surface area contributed by atoms with Gasteiger partial charge in [0.25, 0.3) is 0 Å². The fourth-order valence-electron chi connectivity index (χ4n) is 6.69. The molecule has 0 aromatic carbocycles. The molecular formula is C17H20ClNO2. The summed E-state index contributed by atoms with van der Waals surface area (Å²) in [4.78, 5) is 28.1. The van der Waals surface area contributed by atoms with Crippen molar-refractivity contribution in [1.82, 2.24) is 4.90 Å². The van der Waals surface area contributed by atoms with Crippen LogP contribution in [0.5, 0.6) is 0 Å². The monoisotopic (exact) mass is 305 g/mol. The molecule has 21 heavy (non-hydrogen) atoms. The molecule has 4 aliphatic carbocycles. The Hall–Kier alpha value is -0.830. The summed E-state index contributed by atoms with van der Waals surface area (Å²) >= 11 is 6.34. The Kier molecular flexibility index (Phi) is 2.26. The van der Waals surface area contributed by atoms with Crippen molar-refractivity contribution in [2.24, 2.45) is 40.9 Å². The van der Waals surface area contributed by atoms with Gasteiger partial charge in [-0.1, -0.05) is 12.2 Å². The number of carbonyl (C=O) groups excluding carboxylic acids is 2. The molecule has 0 radical (unpaired) electrons. The van der Waals surface area contributed by atoms with Crippen molar-refractivity contribution in [3.8, 4) is 0 Å². The summed E-state index contributed by atoms with van der Waals surface area (Å²) in [7, 11) is 0. The molecule has 1 aliphatic heterocycles. The van der Waals surface area contributed by atoms with Crippen LogP contribution in [0.4, 0.5) is 0 Å². The molecule has 7 atom stereocenters. The van der Waals surface area contributed by atoms with Crippen molar-refractivity contribution < 1.29 is 9.59 Å². The van der Waals surface area contributed by atoms with Crippen LogP contribution >= 0.6 is 11.6 Å². The van der Waals surface area contributed by atoms with Crippen molar-refractivity contribution in [2.75, 3.05) is 19.0 Å². The maximum absolute atomic E-state index is 13.1. The highest BCUT2D eigenvalue weighted by atomic mass is 35.5. The van der Waals surface area contributed by atoms with Crippen LogP contribution in [0.25, 0.3) is 0 Å². The molecule has 4 saturated carbocycles. The van der Waals surface area contributed by atoms with Gasteiger partial charge >= 0.3 is 0 Å². The lowest BCUT2D eigenvalue weighted by atomic mass is 9.57. The van der Waals surface area contributed by atoms with Gasteiger partial charge in [0.1, 0.15) is 5.78 Å². The first kappa shape index (κ1) is 12.7. The zero-order valence-electron chi connectivity index (χ0n) is 12.1. The second kappa shape index (κ2) is 3.73. The van der Waals surface area contributed by atoms with Crippen LogP contribution in [0.3, 0.4) is 0 Å².